The number of benzene rings is 1. The first-order valence-electron chi connectivity index (χ1n) is 6.90. The van der Waals surface area contributed by atoms with Gasteiger partial charge in [-0.25, -0.2) is 8.42 Å². The van der Waals surface area contributed by atoms with Crippen molar-refractivity contribution >= 4 is 19.7 Å². The molecule has 0 N–H and O–H groups in total. The van der Waals surface area contributed by atoms with E-state index in [2.05, 4.69) is 6.07 Å². The lowest BCUT2D eigenvalue weighted by Crippen LogP contribution is -2.02. The molecule has 0 saturated carbocycles. The Labute approximate surface area is 131 Å². The van der Waals surface area contributed by atoms with Gasteiger partial charge in [0.05, 0.1) is 24.0 Å². The highest BCUT2D eigenvalue weighted by Crippen LogP contribution is 2.24. The lowest BCUT2D eigenvalue weighted by atomic mass is 10.1. The summed E-state index contributed by atoms with van der Waals surface area (Å²) < 4.78 is 27.3. The highest BCUT2D eigenvalue weighted by molar-refractivity contribution is 8.13. The van der Waals surface area contributed by atoms with Crippen molar-refractivity contribution in [1.29, 1.82) is 5.26 Å². The predicted molar refractivity (Wildman–Crippen MR) is 84.2 cm³/mol. The van der Waals surface area contributed by atoms with Crippen molar-refractivity contribution in [2.45, 2.75) is 39.5 Å². The van der Waals surface area contributed by atoms with Crippen LogP contribution in [0, 0.1) is 25.2 Å². The molecule has 0 fully saturated rings. The molecule has 0 spiro atoms. The standard InChI is InChI=1S/C15H20ClNO3S/c1-12-9-14(11-17)10-13(2)15(12)20-7-5-3-4-6-8-21(16,18)19/h9-10H,3-8H2,1-2H3. The molecular weight excluding hydrogens is 310 g/mol. The molecule has 0 aliphatic carbocycles. The fourth-order valence-corrected chi connectivity index (χ4v) is 3.02. The Balaban J connectivity index is 2.32. The van der Waals surface area contributed by atoms with Gasteiger partial charge in [-0.2, -0.15) is 5.26 Å². The van der Waals surface area contributed by atoms with Gasteiger partial charge in [-0.1, -0.05) is 12.8 Å². The summed E-state index contributed by atoms with van der Waals surface area (Å²) in [5, 5.41) is 8.89. The van der Waals surface area contributed by atoms with Crippen LogP contribution in [0.2, 0.25) is 0 Å². The minimum atomic E-state index is -3.36. The molecule has 0 atom stereocenters. The van der Waals surface area contributed by atoms with E-state index in [4.69, 9.17) is 20.7 Å². The van der Waals surface area contributed by atoms with Gasteiger partial charge in [0.2, 0.25) is 9.05 Å². The SMILES string of the molecule is Cc1cc(C#N)cc(C)c1OCCCCCCS(=O)(=O)Cl. The van der Waals surface area contributed by atoms with E-state index in [1.165, 1.54) is 0 Å². The van der Waals surface area contributed by atoms with Gasteiger partial charge in [-0.3, -0.25) is 0 Å². The molecule has 0 unspecified atom stereocenters. The van der Waals surface area contributed by atoms with Crippen LogP contribution >= 0.6 is 10.7 Å². The number of nitrogens with zero attached hydrogens (tertiary/aromatic N) is 1. The molecule has 116 valence electrons. The third-order valence-corrected chi connectivity index (χ3v) is 4.36. The zero-order chi connectivity index (χ0) is 15.9. The first kappa shape index (κ1) is 17.8. The Morgan fingerprint density at radius 2 is 1.71 bits per heavy atom. The van der Waals surface area contributed by atoms with Crippen LogP contribution in [0.3, 0.4) is 0 Å². The molecule has 0 aromatic heterocycles. The Bertz CT molecular complexity index is 597. The van der Waals surface area contributed by atoms with Crippen LogP contribution in [0.15, 0.2) is 12.1 Å². The second kappa shape index (κ2) is 8.26. The summed E-state index contributed by atoms with van der Waals surface area (Å²) in [6, 6.07) is 5.75. The zero-order valence-corrected chi connectivity index (χ0v) is 13.9. The molecule has 1 rings (SSSR count). The number of hydrogen-bond acceptors (Lipinski definition) is 4. The molecule has 6 heteroatoms. The normalized spacial score (nSPS) is 11.1. The van der Waals surface area contributed by atoms with Gasteiger partial charge in [0, 0.05) is 10.7 Å². The second-order valence-electron chi connectivity index (χ2n) is 5.06. The summed E-state index contributed by atoms with van der Waals surface area (Å²) in [5.41, 5.74) is 2.55. The molecule has 0 aliphatic heterocycles. The molecular formula is C15H20ClNO3S. The lowest BCUT2D eigenvalue weighted by Gasteiger charge is -2.12. The largest absolute Gasteiger partial charge is 0.493 e. The summed E-state index contributed by atoms with van der Waals surface area (Å²) in [4.78, 5) is 0. The van der Waals surface area contributed by atoms with Gasteiger partial charge in [0.15, 0.2) is 0 Å². The van der Waals surface area contributed by atoms with Crippen molar-refractivity contribution in [2.24, 2.45) is 0 Å². The van der Waals surface area contributed by atoms with Crippen LogP contribution in [0.25, 0.3) is 0 Å². The fourth-order valence-electron chi connectivity index (χ4n) is 2.15. The van der Waals surface area contributed by atoms with E-state index < -0.39 is 9.05 Å². The molecule has 0 radical (unpaired) electrons. The summed E-state index contributed by atoms with van der Waals surface area (Å²) in [6.07, 6.45) is 3.17. The average Bonchev–Trinajstić information content (AvgIpc) is 2.38. The molecule has 4 nitrogen and oxygen atoms in total. The van der Waals surface area contributed by atoms with Crippen LogP contribution < -0.4 is 4.74 Å². The highest BCUT2D eigenvalue weighted by Gasteiger charge is 2.07. The fraction of sp³-hybridized carbons (Fsp3) is 0.533. The number of hydrogen-bond donors (Lipinski definition) is 0. The average molecular weight is 330 g/mol. The maximum Gasteiger partial charge on any atom is 0.232 e. The maximum atomic E-state index is 10.8. The van der Waals surface area contributed by atoms with Gasteiger partial charge in [0.25, 0.3) is 0 Å². The first-order valence-corrected chi connectivity index (χ1v) is 9.38. The molecule has 1 aromatic rings. The molecule has 0 amide bonds. The summed E-state index contributed by atoms with van der Waals surface area (Å²) >= 11 is 0. The van der Waals surface area contributed by atoms with E-state index in [9.17, 15) is 8.42 Å². The Morgan fingerprint density at radius 3 is 2.24 bits per heavy atom. The van der Waals surface area contributed by atoms with Crippen molar-refractivity contribution in [3.63, 3.8) is 0 Å². The molecule has 0 saturated heterocycles. The topological polar surface area (TPSA) is 67.2 Å². The predicted octanol–water partition coefficient (Wildman–Crippen LogP) is 3.68. The van der Waals surface area contributed by atoms with Crippen LogP contribution in [0.5, 0.6) is 5.75 Å². The highest BCUT2D eigenvalue weighted by atomic mass is 35.7. The Kier molecular flexibility index (Phi) is 7.00. The van der Waals surface area contributed by atoms with Crippen LogP contribution in [-0.4, -0.2) is 20.8 Å². The summed E-state index contributed by atoms with van der Waals surface area (Å²) in [5.74, 6) is 0.862. The Morgan fingerprint density at radius 1 is 1.14 bits per heavy atom. The van der Waals surface area contributed by atoms with Crippen molar-refractivity contribution in [3.05, 3.63) is 28.8 Å². The second-order valence-corrected chi connectivity index (χ2v) is 7.95. The third-order valence-electron chi connectivity index (χ3n) is 3.12. The van der Waals surface area contributed by atoms with Gasteiger partial charge < -0.3 is 4.74 Å². The number of ether oxygens (including phenoxy) is 1. The summed E-state index contributed by atoms with van der Waals surface area (Å²) in [7, 11) is 1.77. The van der Waals surface area contributed by atoms with Gasteiger partial charge >= 0.3 is 0 Å². The smallest absolute Gasteiger partial charge is 0.232 e. The van der Waals surface area contributed by atoms with Gasteiger partial charge in [-0.05, 0) is 49.9 Å². The van der Waals surface area contributed by atoms with E-state index in [0.717, 1.165) is 36.1 Å². The van der Waals surface area contributed by atoms with Crippen molar-refractivity contribution in [2.75, 3.05) is 12.4 Å². The zero-order valence-electron chi connectivity index (χ0n) is 12.4. The van der Waals surface area contributed by atoms with Crippen molar-refractivity contribution < 1.29 is 13.2 Å². The minimum absolute atomic E-state index is 0.0310. The molecule has 0 heterocycles. The third kappa shape index (κ3) is 6.83. The first-order chi connectivity index (χ1) is 9.83. The monoisotopic (exact) mass is 329 g/mol. The number of rotatable bonds is 8. The number of unbranched alkanes of at least 4 members (excludes halogenated alkanes) is 3. The van der Waals surface area contributed by atoms with Crippen LogP contribution in [0.4, 0.5) is 0 Å². The van der Waals surface area contributed by atoms with E-state index in [0.29, 0.717) is 18.6 Å². The van der Waals surface area contributed by atoms with Gasteiger partial charge in [0.1, 0.15) is 5.75 Å². The molecule has 1 aromatic carbocycles. The quantitative estimate of drug-likeness (QED) is 0.539. The molecule has 21 heavy (non-hydrogen) atoms. The van der Waals surface area contributed by atoms with Gasteiger partial charge in [-0.15, -0.1) is 0 Å². The minimum Gasteiger partial charge on any atom is -0.493 e. The van der Waals surface area contributed by atoms with Crippen molar-refractivity contribution in [3.8, 4) is 11.8 Å². The van der Waals surface area contributed by atoms with E-state index in [1.807, 2.05) is 26.0 Å². The van der Waals surface area contributed by atoms with E-state index in [1.54, 1.807) is 0 Å². The molecule has 0 bridgehead atoms. The van der Waals surface area contributed by atoms with Crippen molar-refractivity contribution in [1.82, 2.24) is 0 Å². The van der Waals surface area contributed by atoms with E-state index >= 15 is 0 Å². The molecule has 0 aliphatic rings. The van der Waals surface area contributed by atoms with Crippen LogP contribution in [0.1, 0.15) is 42.4 Å². The number of nitriles is 1. The number of aryl methyl sites for hydroxylation is 2. The lowest BCUT2D eigenvalue weighted by molar-refractivity contribution is 0.301. The van der Waals surface area contributed by atoms with Crippen LogP contribution in [-0.2, 0) is 9.05 Å². The summed E-state index contributed by atoms with van der Waals surface area (Å²) in [6.45, 7) is 4.43. The maximum absolute atomic E-state index is 10.8. The van der Waals surface area contributed by atoms with E-state index in [-0.39, 0.29) is 5.75 Å². The Hall–Kier alpha value is -1.25. The number of halogens is 1.